The number of hydrogen-bond donors (Lipinski definition) is 1. The molecule has 2 saturated heterocycles. The van der Waals surface area contributed by atoms with Crippen LogP contribution in [0.15, 0.2) is 0 Å². The highest BCUT2D eigenvalue weighted by atomic mass is 16.2. The summed E-state index contributed by atoms with van der Waals surface area (Å²) in [4.78, 5) is 15.0. The number of fused-ring (bicyclic) bond motifs is 1. The summed E-state index contributed by atoms with van der Waals surface area (Å²) in [7, 11) is 0. The second kappa shape index (κ2) is 4.84. The van der Waals surface area contributed by atoms with E-state index in [9.17, 15) is 4.79 Å². The molecule has 3 fully saturated rings. The van der Waals surface area contributed by atoms with E-state index in [1.54, 1.807) is 0 Å². The van der Waals surface area contributed by atoms with Gasteiger partial charge in [-0.3, -0.25) is 4.79 Å². The van der Waals surface area contributed by atoms with Crippen molar-refractivity contribution in [3.05, 3.63) is 0 Å². The Kier molecular flexibility index (Phi) is 3.35. The van der Waals surface area contributed by atoms with Crippen LogP contribution >= 0.6 is 0 Å². The number of carbonyl (C=O) groups is 1. The van der Waals surface area contributed by atoms with Crippen LogP contribution < -0.4 is 5.32 Å². The largest absolute Gasteiger partial charge is 0.340 e. The summed E-state index contributed by atoms with van der Waals surface area (Å²) in [5.41, 5.74) is 0.00743. The van der Waals surface area contributed by atoms with E-state index < -0.39 is 0 Å². The minimum absolute atomic E-state index is 0.00743. The van der Waals surface area contributed by atoms with Gasteiger partial charge < -0.3 is 10.2 Å². The van der Waals surface area contributed by atoms with Gasteiger partial charge >= 0.3 is 0 Å². The molecule has 1 N–H and O–H groups in total. The van der Waals surface area contributed by atoms with Gasteiger partial charge in [0.1, 0.15) is 0 Å². The Balaban J connectivity index is 1.69. The third-order valence-electron chi connectivity index (χ3n) is 5.58. The van der Waals surface area contributed by atoms with E-state index in [1.165, 1.54) is 25.7 Å². The molecule has 0 aromatic rings. The molecule has 18 heavy (non-hydrogen) atoms. The van der Waals surface area contributed by atoms with Gasteiger partial charge in [0.25, 0.3) is 0 Å². The van der Waals surface area contributed by atoms with Gasteiger partial charge in [0.05, 0.1) is 0 Å². The summed E-state index contributed by atoms with van der Waals surface area (Å²) in [6.45, 7) is 5.32. The Labute approximate surface area is 110 Å². The van der Waals surface area contributed by atoms with Crippen LogP contribution in [0.4, 0.5) is 0 Å². The minimum Gasteiger partial charge on any atom is -0.340 e. The van der Waals surface area contributed by atoms with Crippen LogP contribution in [0.1, 0.15) is 51.9 Å². The third kappa shape index (κ3) is 1.97. The molecule has 0 radical (unpaired) electrons. The standard InChI is InChI=1S/C15H26N2O/c1-2-15(7-3-4-8-15)14(18)17-10-12-6-5-9-16-13(12)11-17/h12-13,16H,2-11H2,1H3/t12-,13+/m0/s1. The van der Waals surface area contributed by atoms with E-state index in [0.29, 0.717) is 11.9 Å². The third-order valence-corrected chi connectivity index (χ3v) is 5.58. The van der Waals surface area contributed by atoms with Gasteiger partial charge in [0.2, 0.25) is 5.91 Å². The van der Waals surface area contributed by atoms with Gasteiger partial charge in [-0.2, -0.15) is 0 Å². The lowest BCUT2D eigenvalue weighted by molar-refractivity contribution is -0.141. The Hall–Kier alpha value is -0.570. The van der Waals surface area contributed by atoms with Gasteiger partial charge in [0, 0.05) is 24.5 Å². The molecule has 1 saturated carbocycles. The second-order valence-corrected chi connectivity index (χ2v) is 6.51. The quantitative estimate of drug-likeness (QED) is 0.814. The zero-order valence-corrected chi connectivity index (χ0v) is 11.6. The highest BCUT2D eigenvalue weighted by Crippen LogP contribution is 2.43. The molecule has 2 atom stereocenters. The van der Waals surface area contributed by atoms with Crippen molar-refractivity contribution in [1.82, 2.24) is 10.2 Å². The Bertz CT molecular complexity index is 308. The zero-order valence-electron chi connectivity index (χ0n) is 11.6. The Morgan fingerprint density at radius 1 is 1.28 bits per heavy atom. The number of amides is 1. The molecule has 0 spiro atoms. The van der Waals surface area contributed by atoms with Crippen LogP contribution in [-0.4, -0.2) is 36.5 Å². The van der Waals surface area contributed by atoms with Crippen molar-refractivity contribution >= 4 is 5.91 Å². The van der Waals surface area contributed by atoms with Crippen LogP contribution in [-0.2, 0) is 4.79 Å². The van der Waals surface area contributed by atoms with Crippen molar-refractivity contribution in [2.45, 2.75) is 57.9 Å². The average Bonchev–Trinajstić information content (AvgIpc) is 3.05. The molecule has 0 unspecified atom stereocenters. The summed E-state index contributed by atoms with van der Waals surface area (Å²) in [6, 6.07) is 0.581. The Morgan fingerprint density at radius 3 is 2.72 bits per heavy atom. The highest BCUT2D eigenvalue weighted by molar-refractivity contribution is 5.83. The van der Waals surface area contributed by atoms with Crippen molar-refractivity contribution in [2.24, 2.45) is 11.3 Å². The molecule has 0 aromatic carbocycles. The van der Waals surface area contributed by atoms with Crippen molar-refractivity contribution in [1.29, 1.82) is 0 Å². The van der Waals surface area contributed by atoms with Crippen LogP contribution in [0.3, 0.4) is 0 Å². The number of rotatable bonds is 2. The maximum absolute atomic E-state index is 12.8. The van der Waals surface area contributed by atoms with E-state index in [4.69, 9.17) is 0 Å². The van der Waals surface area contributed by atoms with Gasteiger partial charge in [-0.25, -0.2) is 0 Å². The van der Waals surface area contributed by atoms with Crippen molar-refractivity contribution in [2.75, 3.05) is 19.6 Å². The fraction of sp³-hybridized carbons (Fsp3) is 0.933. The lowest BCUT2D eigenvalue weighted by atomic mass is 9.82. The second-order valence-electron chi connectivity index (χ2n) is 6.51. The molecule has 3 aliphatic rings. The van der Waals surface area contributed by atoms with Crippen LogP contribution in [0.5, 0.6) is 0 Å². The molecule has 2 aliphatic heterocycles. The fourth-order valence-corrected chi connectivity index (χ4v) is 4.32. The van der Waals surface area contributed by atoms with Crippen LogP contribution in [0, 0.1) is 11.3 Å². The smallest absolute Gasteiger partial charge is 0.228 e. The number of likely N-dealkylation sites (tertiary alicyclic amines) is 1. The number of hydrogen-bond acceptors (Lipinski definition) is 2. The maximum atomic E-state index is 12.8. The first kappa shape index (κ1) is 12.5. The minimum atomic E-state index is 0.00743. The first-order valence-electron chi connectivity index (χ1n) is 7.78. The summed E-state index contributed by atoms with van der Waals surface area (Å²) in [5.74, 6) is 1.19. The molecular weight excluding hydrogens is 224 g/mol. The molecular formula is C15H26N2O. The monoisotopic (exact) mass is 250 g/mol. The molecule has 1 amide bonds. The van der Waals surface area contributed by atoms with Crippen molar-refractivity contribution < 1.29 is 4.79 Å². The number of carbonyl (C=O) groups excluding carboxylic acids is 1. The van der Waals surface area contributed by atoms with E-state index in [0.717, 1.165) is 44.8 Å². The van der Waals surface area contributed by atoms with E-state index >= 15 is 0 Å². The summed E-state index contributed by atoms with van der Waals surface area (Å²) < 4.78 is 0. The molecule has 1 aliphatic carbocycles. The molecule has 0 bridgehead atoms. The lowest BCUT2D eigenvalue weighted by Crippen LogP contribution is -2.43. The number of nitrogens with one attached hydrogen (secondary N) is 1. The van der Waals surface area contributed by atoms with Crippen molar-refractivity contribution in [3.63, 3.8) is 0 Å². The SMILES string of the molecule is CCC1(C(=O)N2C[C@@H]3CCCN[C@@H]3C2)CCCC1. The number of nitrogens with zero attached hydrogens (tertiary/aromatic N) is 1. The lowest BCUT2D eigenvalue weighted by Gasteiger charge is -2.31. The molecule has 3 nitrogen and oxygen atoms in total. The van der Waals surface area contributed by atoms with E-state index in [1.807, 2.05) is 0 Å². The van der Waals surface area contributed by atoms with Gasteiger partial charge in [-0.05, 0) is 44.6 Å². The normalized spacial score (nSPS) is 34.6. The van der Waals surface area contributed by atoms with Crippen LogP contribution in [0.25, 0.3) is 0 Å². The Morgan fingerprint density at radius 2 is 2.06 bits per heavy atom. The maximum Gasteiger partial charge on any atom is 0.228 e. The highest BCUT2D eigenvalue weighted by Gasteiger charge is 2.45. The summed E-state index contributed by atoms with van der Waals surface area (Å²) in [5, 5.41) is 3.59. The van der Waals surface area contributed by atoms with Gasteiger partial charge in [-0.1, -0.05) is 19.8 Å². The van der Waals surface area contributed by atoms with E-state index in [-0.39, 0.29) is 5.41 Å². The topological polar surface area (TPSA) is 32.3 Å². The zero-order chi connectivity index (χ0) is 12.6. The van der Waals surface area contributed by atoms with Crippen LogP contribution in [0.2, 0.25) is 0 Å². The molecule has 102 valence electrons. The molecule has 3 heteroatoms. The predicted molar refractivity (Wildman–Crippen MR) is 72.3 cm³/mol. The van der Waals surface area contributed by atoms with Gasteiger partial charge in [0.15, 0.2) is 0 Å². The van der Waals surface area contributed by atoms with Crippen molar-refractivity contribution in [3.8, 4) is 0 Å². The molecule has 3 rings (SSSR count). The molecule has 0 aromatic heterocycles. The number of piperidine rings is 1. The predicted octanol–water partition coefficient (Wildman–Crippen LogP) is 2.17. The van der Waals surface area contributed by atoms with Gasteiger partial charge in [-0.15, -0.1) is 0 Å². The molecule has 2 heterocycles. The first-order chi connectivity index (χ1) is 8.75. The van der Waals surface area contributed by atoms with E-state index in [2.05, 4.69) is 17.1 Å². The summed E-state index contributed by atoms with van der Waals surface area (Å²) in [6.07, 6.45) is 8.37. The summed E-state index contributed by atoms with van der Waals surface area (Å²) >= 11 is 0. The average molecular weight is 250 g/mol. The first-order valence-corrected chi connectivity index (χ1v) is 7.78. The fourth-order valence-electron chi connectivity index (χ4n) is 4.32.